The monoisotopic (exact) mass is 432 g/mol. The van der Waals surface area contributed by atoms with Gasteiger partial charge in [0.05, 0.1) is 7.11 Å². The molecule has 1 saturated heterocycles. The second-order valence-corrected chi connectivity index (χ2v) is 9.26. The molecule has 32 heavy (non-hydrogen) atoms. The Labute approximate surface area is 195 Å². The molecule has 172 valence electrons. The predicted octanol–water partition coefficient (Wildman–Crippen LogP) is 7.09. The van der Waals surface area contributed by atoms with Crippen LogP contribution in [0.4, 0.5) is 5.69 Å². The Bertz CT molecular complexity index is 885. The van der Waals surface area contributed by atoms with E-state index in [-0.39, 0.29) is 0 Å². The molecule has 0 amide bonds. The zero-order valence-corrected chi connectivity index (χ0v) is 20.2. The molecule has 1 aliphatic carbocycles. The van der Waals surface area contributed by atoms with Gasteiger partial charge in [-0.3, -0.25) is 0 Å². The van der Waals surface area contributed by atoms with Gasteiger partial charge in [0.25, 0.3) is 0 Å². The SMILES string of the molecule is C=Cc1ccc(NC(=C)Cc2ccc(OC)cc2)cc1C.CN1CCCC2CCCCC21. The van der Waals surface area contributed by atoms with Crippen molar-refractivity contribution in [2.75, 3.05) is 26.0 Å². The first-order valence-corrected chi connectivity index (χ1v) is 12.0. The van der Waals surface area contributed by atoms with E-state index in [4.69, 9.17) is 4.74 Å². The molecule has 2 unspecified atom stereocenters. The van der Waals surface area contributed by atoms with Crippen molar-refractivity contribution in [3.63, 3.8) is 0 Å². The number of nitrogens with one attached hydrogen (secondary N) is 1. The van der Waals surface area contributed by atoms with Gasteiger partial charge in [-0.25, -0.2) is 0 Å². The van der Waals surface area contributed by atoms with Crippen molar-refractivity contribution < 1.29 is 4.74 Å². The van der Waals surface area contributed by atoms with Gasteiger partial charge in [-0.15, -0.1) is 0 Å². The molecular formula is C29H40N2O. The van der Waals surface area contributed by atoms with Crippen LogP contribution in [0.3, 0.4) is 0 Å². The normalized spacial score (nSPS) is 20.3. The summed E-state index contributed by atoms with van der Waals surface area (Å²) in [6.07, 6.45) is 11.6. The molecule has 0 radical (unpaired) electrons. The maximum Gasteiger partial charge on any atom is 0.118 e. The fourth-order valence-electron chi connectivity index (χ4n) is 5.09. The van der Waals surface area contributed by atoms with Crippen LogP contribution in [0.15, 0.2) is 61.3 Å². The number of anilines is 1. The summed E-state index contributed by atoms with van der Waals surface area (Å²) < 4.78 is 5.16. The Morgan fingerprint density at radius 3 is 2.47 bits per heavy atom. The standard InChI is InChI=1S/C19H21NO.C10H19N/c1-5-17-8-9-18(12-14(17)2)20-15(3)13-16-6-10-19(21-4)11-7-16;1-11-8-4-6-9-5-2-3-7-10(9)11/h5-12,20H,1,3,13H2,2,4H3;9-10H,2-8H2,1H3. The minimum Gasteiger partial charge on any atom is -0.497 e. The van der Waals surface area contributed by atoms with Crippen molar-refractivity contribution in [2.45, 2.75) is 57.9 Å². The number of allylic oxidation sites excluding steroid dienone is 1. The number of fused-ring (bicyclic) bond motifs is 1. The summed E-state index contributed by atoms with van der Waals surface area (Å²) >= 11 is 0. The lowest BCUT2D eigenvalue weighted by Crippen LogP contribution is -2.44. The molecule has 0 aromatic heterocycles. The molecule has 4 rings (SSSR count). The van der Waals surface area contributed by atoms with Gasteiger partial charge in [0, 0.05) is 23.8 Å². The molecule has 0 spiro atoms. The lowest BCUT2D eigenvalue weighted by molar-refractivity contribution is 0.0841. The van der Waals surface area contributed by atoms with Crippen LogP contribution in [-0.2, 0) is 6.42 Å². The topological polar surface area (TPSA) is 24.5 Å². The Balaban J connectivity index is 0.000000219. The Hall–Kier alpha value is -2.52. The van der Waals surface area contributed by atoms with Gasteiger partial charge in [-0.05, 0) is 93.1 Å². The van der Waals surface area contributed by atoms with E-state index < -0.39 is 0 Å². The fourth-order valence-corrected chi connectivity index (χ4v) is 5.09. The molecule has 1 saturated carbocycles. The number of likely N-dealkylation sites (tertiary alicyclic amines) is 1. The molecule has 2 atom stereocenters. The molecule has 0 bridgehead atoms. The summed E-state index contributed by atoms with van der Waals surface area (Å²) in [6, 6.07) is 15.2. The number of methoxy groups -OCH3 is 1. The van der Waals surface area contributed by atoms with E-state index in [1.807, 2.05) is 24.3 Å². The lowest BCUT2D eigenvalue weighted by Gasteiger charge is -2.42. The summed E-state index contributed by atoms with van der Waals surface area (Å²) in [4.78, 5) is 2.59. The second-order valence-electron chi connectivity index (χ2n) is 9.26. The average Bonchev–Trinajstić information content (AvgIpc) is 2.80. The molecule has 3 heteroatoms. The van der Waals surface area contributed by atoms with Crippen molar-refractivity contribution in [3.8, 4) is 5.75 Å². The van der Waals surface area contributed by atoms with Crippen molar-refractivity contribution in [1.82, 2.24) is 4.90 Å². The lowest BCUT2D eigenvalue weighted by atomic mass is 9.79. The first kappa shape index (κ1) is 24.1. The Kier molecular flexibility index (Phi) is 8.99. The molecule has 2 aromatic carbocycles. The quantitative estimate of drug-likeness (QED) is 0.527. The zero-order valence-electron chi connectivity index (χ0n) is 20.2. The molecule has 2 aromatic rings. The van der Waals surface area contributed by atoms with E-state index in [1.165, 1.54) is 56.2 Å². The third kappa shape index (κ3) is 6.74. The van der Waals surface area contributed by atoms with Gasteiger partial charge in [0.2, 0.25) is 0 Å². The second kappa shape index (κ2) is 11.9. The van der Waals surface area contributed by atoms with Crippen molar-refractivity contribution in [1.29, 1.82) is 0 Å². The van der Waals surface area contributed by atoms with Crippen LogP contribution in [0.1, 0.15) is 55.2 Å². The van der Waals surface area contributed by atoms with Gasteiger partial charge in [-0.1, -0.05) is 50.3 Å². The van der Waals surface area contributed by atoms with Crippen LogP contribution < -0.4 is 10.1 Å². The smallest absolute Gasteiger partial charge is 0.118 e. The van der Waals surface area contributed by atoms with Crippen molar-refractivity contribution >= 4 is 11.8 Å². The first-order valence-electron chi connectivity index (χ1n) is 12.0. The van der Waals surface area contributed by atoms with E-state index in [9.17, 15) is 0 Å². The number of nitrogens with zero attached hydrogens (tertiary/aromatic N) is 1. The minimum absolute atomic E-state index is 0.784. The highest BCUT2D eigenvalue weighted by Crippen LogP contribution is 2.34. The van der Waals surface area contributed by atoms with Crippen LogP contribution in [0.2, 0.25) is 0 Å². The van der Waals surface area contributed by atoms with Gasteiger partial charge < -0.3 is 15.0 Å². The Morgan fingerprint density at radius 1 is 1.09 bits per heavy atom. The van der Waals surface area contributed by atoms with Crippen LogP contribution in [-0.4, -0.2) is 31.6 Å². The van der Waals surface area contributed by atoms with E-state index in [1.54, 1.807) is 7.11 Å². The van der Waals surface area contributed by atoms with E-state index in [2.05, 4.69) is 61.6 Å². The summed E-state index contributed by atoms with van der Waals surface area (Å²) in [5.74, 6) is 1.93. The highest BCUT2D eigenvalue weighted by atomic mass is 16.5. The van der Waals surface area contributed by atoms with Gasteiger partial charge in [-0.2, -0.15) is 0 Å². The van der Waals surface area contributed by atoms with Crippen molar-refractivity contribution in [3.05, 3.63) is 78.0 Å². The van der Waals surface area contributed by atoms with Crippen LogP contribution in [0.25, 0.3) is 6.08 Å². The summed E-state index contributed by atoms with van der Waals surface area (Å²) in [5.41, 5.74) is 5.57. The van der Waals surface area contributed by atoms with Gasteiger partial charge in [0.1, 0.15) is 5.75 Å². The Morgan fingerprint density at radius 2 is 1.81 bits per heavy atom. The highest BCUT2D eigenvalue weighted by Gasteiger charge is 2.30. The zero-order chi connectivity index (χ0) is 22.9. The van der Waals surface area contributed by atoms with Crippen LogP contribution >= 0.6 is 0 Å². The van der Waals surface area contributed by atoms with Crippen LogP contribution in [0.5, 0.6) is 5.75 Å². The molecule has 2 aliphatic rings. The number of rotatable bonds is 6. The number of piperidine rings is 1. The maximum atomic E-state index is 5.16. The number of ether oxygens (including phenoxy) is 1. The molecule has 1 heterocycles. The summed E-state index contributed by atoms with van der Waals surface area (Å²) in [6.45, 7) is 11.3. The molecule has 1 aliphatic heterocycles. The average molecular weight is 433 g/mol. The molecular weight excluding hydrogens is 392 g/mol. The van der Waals surface area contributed by atoms with Gasteiger partial charge in [0.15, 0.2) is 0 Å². The fraction of sp³-hybridized carbons (Fsp3) is 0.448. The molecule has 1 N–H and O–H groups in total. The number of hydrogen-bond acceptors (Lipinski definition) is 3. The third-order valence-corrected chi connectivity index (χ3v) is 6.91. The summed E-state index contributed by atoms with van der Waals surface area (Å²) in [7, 11) is 3.98. The van der Waals surface area contributed by atoms with Crippen LogP contribution in [0, 0.1) is 12.8 Å². The number of hydrogen-bond donors (Lipinski definition) is 1. The predicted molar refractivity (Wildman–Crippen MR) is 138 cm³/mol. The minimum atomic E-state index is 0.784. The number of benzene rings is 2. The maximum absolute atomic E-state index is 5.16. The molecule has 3 nitrogen and oxygen atoms in total. The van der Waals surface area contributed by atoms with E-state index >= 15 is 0 Å². The van der Waals surface area contributed by atoms with E-state index in [0.29, 0.717) is 0 Å². The van der Waals surface area contributed by atoms with E-state index in [0.717, 1.165) is 41.1 Å². The van der Waals surface area contributed by atoms with Crippen molar-refractivity contribution in [2.24, 2.45) is 5.92 Å². The van der Waals surface area contributed by atoms with Gasteiger partial charge >= 0.3 is 0 Å². The third-order valence-electron chi connectivity index (χ3n) is 6.91. The number of aryl methyl sites for hydroxylation is 1. The summed E-state index contributed by atoms with van der Waals surface area (Å²) in [5, 5.41) is 3.35. The first-order chi connectivity index (χ1) is 15.5. The molecule has 2 fully saturated rings. The highest BCUT2D eigenvalue weighted by molar-refractivity contribution is 5.59. The largest absolute Gasteiger partial charge is 0.497 e.